The molecule has 1 unspecified atom stereocenters. The van der Waals surface area contributed by atoms with Crippen molar-refractivity contribution in [3.05, 3.63) is 58.7 Å². The summed E-state index contributed by atoms with van der Waals surface area (Å²) in [6.07, 6.45) is 3.40. The molecule has 7 heteroatoms. The van der Waals surface area contributed by atoms with Crippen LogP contribution in [-0.2, 0) is 6.42 Å². The van der Waals surface area contributed by atoms with Crippen LogP contribution in [0.1, 0.15) is 40.5 Å². The van der Waals surface area contributed by atoms with Gasteiger partial charge in [-0.25, -0.2) is 0 Å². The van der Waals surface area contributed by atoms with E-state index in [1.54, 1.807) is 0 Å². The molecule has 0 aromatic carbocycles. The molecule has 0 saturated heterocycles. The monoisotopic (exact) mass is 344 g/mol. The molecule has 4 N–H and O–H groups in total. The minimum absolute atomic E-state index is 0. The number of fused-ring (bicyclic) bond motifs is 1. The molecule has 0 radical (unpaired) electrons. The summed E-state index contributed by atoms with van der Waals surface area (Å²) in [7, 11) is 0. The number of rotatable bonds is 2. The first kappa shape index (κ1) is 17.9. The third kappa shape index (κ3) is 3.71. The Morgan fingerprint density at radius 2 is 2.00 bits per heavy atom. The van der Waals surface area contributed by atoms with Gasteiger partial charge in [0.15, 0.2) is 0 Å². The first-order valence-electron chi connectivity index (χ1n) is 7.58. The van der Waals surface area contributed by atoms with Gasteiger partial charge in [0.2, 0.25) is 5.96 Å². The smallest absolute Gasteiger partial charge is 0.211 e. The number of hydrogen-bond acceptors (Lipinski definition) is 4. The summed E-state index contributed by atoms with van der Waals surface area (Å²) in [6.45, 7) is 4.07. The number of nitrogens with zero attached hydrogens (tertiary/aromatic N) is 4. The Bertz CT molecular complexity index is 781. The Morgan fingerprint density at radius 3 is 2.67 bits per heavy atom. The van der Waals surface area contributed by atoms with Crippen molar-refractivity contribution in [2.45, 2.75) is 32.6 Å². The van der Waals surface area contributed by atoms with Gasteiger partial charge in [-0.1, -0.05) is 6.07 Å². The van der Waals surface area contributed by atoms with E-state index in [9.17, 15) is 0 Å². The van der Waals surface area contributed by atoms with Crippen LogP contribution in [0.4, 0.5) is 0 Å². The molecule has 0 bridgehead atoms. The van der Waals surface area contributed by atoms with Crippen molar-refractivity contribution in [3.63, 3.8) is 0 Å². The van der Waals surface area contributed by atoms with Crippen molar-refractivity contribution < 1.29 is 0 Å². The fourth-order valence-corrected chi connectivity index (χ4v) is 3.13. The molecule has 0 saturated carbocycles. The van der Waals surface area contributed by atoms with Crippen LogP contribution in [0.2, 0.25) is 0 Å². The lowest BCUT2D eigenvalue weighted by molar-refractivity contribution is 0.655. The van der Waals surface area contributed by atoms with Gasteiger partial charge in [-0.3, -0.25) is 9.97 Å². The van der Waals surface area contributed by atoms with Crippen LogP contribution in [0.25, 0.3) is 0 Å². The summed E-state index contributed by atoms with van der Waals surface area (Å²) in [6, 6.07) is 8.02. The highest BCUT2D eigenvalue weighted by Gasteiger charge is 2.28. The van der Waals surface area contributed by atoms with E-state index >= 15 is 0 Å². The largest absolute Gasteiger partial charge is 0.369 e. The second-order valence-corrected chi connectivity index (χ2v) is 5.83. The first-order chi connectivity index (χ1) is 11.0. The van der Waals surface area contributed by atoms with Gasteiger partial charge in [-0.15, -0.1) is 17.5 Å². The zero-order valence-corrected chi connectivity index (χ0v) is 14.5. The Kier molecular flexibility index (Phi) is 5.51. The second kappa shape index (κ2) is 7.40. The Hall–Kier alpha value is -2.47. The number of pyridine rings is 2. The quantitative estimate of drug-likeness (QED) is 0.495. The van der Waals surface area contributed by atoms with Crippen LogP contribution < -0.4 is 11.5 Å². The van der Waals surface area contributed by atoms with E-state index in [0.29, 0.717) is 0 Å². The van der Waals surface area contributed by atoms with Crippen LogP contribution >= 0.6 is 12.4 Å². The second-order valence-electron chi connectivity index (χ2n) is 5.83. The predicted molar refractivity (Wildman–Crippen MR) is 98.6 cm³/mol. The maximum Gasteiger partial charge on any atom is 0.211 e. The molecular weight excluding hydrogens is 324 g/mol. The van der Waals surface area contributed by atoms with Crippen LogP contribution in [0, 0.1) is 13.8 Å². The minimum atomic E-state index is -0.0447. The lowest BCUT2D eigenvalue weighted by Crippen LogP contribution is -2.25. The molecule has 1 atom stereocenters. The molecule has 0 aliphatic heterocycles. The van der Waals surface area contributed by atoms with Gasteiger partial charge in [0.1, 0.15) is 0 Å². The summed E-state index contributed by atoms with van der Waals surface area (Å²) in [5.41, 5.74) is 17.0. The highest BCUT2D eigenvalue weighted by molar-refractivity contribution is 6.04. The molecule has 0 amide bonds. The SMILES string of the molecule is Cc1cc(C)c2c(n1)CC(c1ccccn1)C/C2=N/N=C(N)N.Cl. The van der Waals surface area contributed by atoms with Crippen LogP contribution in [0.5, 0.6) is 0 Å². The third-order valence-electron chi connectivity index (χ3n) is 3.98. The predicted octanol–water partition coefficient (Wildman–Crippen LogP) is 2.22. The highest BCUT2D eigenvalue weighted by atomic mass is 35.5. The van der Waals surface area contributed by atoms with Gasteiger partial charge in [0, 0.05) is 35.5 Å². The summed E-state index contributed by atoms with van der Waals surface area (Å²) in [5.74, 6) is 0.182. The van der Waals surface area contributed by atoms with Crippen molar-refractivity contribution in [1.82, 2.24) is 9.97 Å². The first-order valence-corrected chi connectivity index (χ1v) is 7.58. The summed E-state index contributed by atoms with van der Waals surface area (Å²) in [4.78, 5) is 9.19. The van der Waals surface area contributed by atoms with Crippen LogP contribution in [0.3, 0.4) is 0 Å². The van der Waals surface area contributed by atoms with Crippen molar-refractivity contribution in [1.29, 1.82) is 0 Å². The van der Waals surface area contributed by atoms with E-state index in [-0.39, 0.29) is 24.3 Å². The van der Waals surface area contributed by atoms with E-state index in [1.807, 2.05) is 31.3 Å². The van der Waals surface area contributed by atoms with Gasteiger partial charge in [-0.2, -0.15) is 5.10 Å². The summed E-state index contributed by atoms with van der Waals surface area (Å²) in [5, 5.41) is 8.13. The third-order valence-corrected chi connectivity index (χ3v) is 3.98. The molecule has 1 aliphatic carbocycles. The van der Waals surface area contributed by atoms with Crippen molar-refractivity contribution in [2.24, 2.45) is 21.7 Å². The number of aryl methyl sites for hydroxylation is 2. The maximum atomic E-state index is 5.43. The topological polar surface area (TPSA) is 103 Å². The molecule has 24 heavy (non-hydrogen) atoms. The maximum absolute atomic E-state index is 5.43. The van der Waals surface area contributed by atoms with Gasteiger partial charge in [-0.05, 0) is 44.0 Å². The average molecular weight is 345 g/mol. The minimum Gasteiger partial charge on any atom is -0.369 e. The number of aromatic nitrogens is 2. The molecule has 2 heterocycles. The fraction of sp³-hybridized carbons (Fsp3) is 0.294. The zero-order chi connectivity index (χ0) is 16.4. The lowest BCUT2D eigenvalue weighted by atomic mass is 9.81. The van der Waals surface area contributed by atoms with Crippen molar-refractivity contribution in [3.8, 4) is 0 Å². The van der Waals surface area contributed by atoms with E-state index in [4.69, 9.17) is 16.5 Å². The van der Waals surface area contributed by atoms with E-state index in [2.05, 4.69) is 28.2 Å². The van der Waals surface area contributed by atoms with E-state index in [0.717, 1.165) is 46.8 Å². The molecule has 3 rings (SSSR count). The summed E-state index contributed by atoms with van der Waals surface area (Å²) >= 11 is 0. The van der Waals surface area contributed by atoms with E-state index in [1.165, 1.54) is 0 Å². The van der Waals surface area contributed by atoms with E-state index < -0.39 is 0 Å². The Morgan fingerprint density at radius 1 is 1.21 bits per heavy atom. The number of guanidine groups is 1. The Labute approximate surface area is 147 Å². The number of nitrogens with two attached hydrogens (primary N) is 2. The van der Waals surface area contributed by atoms with Crippen molar-refractivity contribution in [2.75, 3.05) is 0 Å². The average Bonchev–Trinajstić information content (AvgIpc) is 2.52. The normalized spacial score (nSPS) is 17.8. The van der Waals surface area contributed by atoms with Gasteiger partial charge in [0.25, 0.3) is 0 Å². The zero-order valence-electron chi connectivity index (χ0n) is 13.7. The molecule has 2 aromatic rings. The van der Waals surface area contributed by atoms with Gasteiger partial charge >= 0.3 is 0 Å². The highest BCUT2D eigenvalue weighted by Crippen LogP contribution is 2.33. The Balaban J connectivity index is 0.00000208. The molecule has 2 aromatic heterocycles. The van der Waals surface area contributed by atoms with Crippen LogP contribution in [-0.4, -0.2) is 21.6 Å². The molecule has 1 aliphatic rings. The molecule has 126 valence electrons. The van der Waals surface area contributed by atoms with Crippen LogP contribution in [0.15, 0.2) is 40.7 Å². The van der Waals surface area contributed by atoms with Crippen molar-refractivity contribution >= 4 is 24.1 Å². The standard InChI is InChI=1S/C17H20N6.ClH/c1-10-7-11(2)21-14-8-12(13-5-3-4-6-20-13)9-15(16(10)14)22-23-17(18)19;/h3-7,12H,8-9H2,1-2H3,(H4,18,19,23);1H/b22-15-;. The van der Waals surface area contributed by atoms with Gasteiger partial charge in [0.05, 0.1) is 11.4 Å². The number of hydrogen-bond donors (Lipinski definition) is 2. The molecule has 0 fully saturated rings. The summed E-state index contributed by atoms with van der Waals surface area (Å²) < 4.78 is 0. The molecule has 0 spiro atoms. The molecule has 6 nitrogen and oxygen atoms in total. The lowest BCUT2D eigenvalue weighted by Gasteiger charge is -2.26. The number of halogens is 1. The van der Waals surface area contributed by atoms with Gasteiger partial charge < -0.3 is 11.5 Å². The fourth-order valence-electron chi connectivity index (χ4n) is 3.13. The molecular formula is C17H21ClN6.